The normalized spacial score (nSPS) is 12.3. The van der Waals surface area contributed by atoms with Crippen LogP contribution in [0.25, 0.3) is 0 Å². The molecule has 0 N–H and O–H groups in total. The molecule has 0 aromatic heterocycles. The second kappa shape index (κ2) is 6.10. The first-order chi connectivity index (χ1) is 7.97. The Balaban J connectivity index is 2.92. The van der Waals surface area contributed by atoms with Crippen molar-refractivity contribution in [3.63, 3.8) is 0 Å². The summed E-state index contributed by atoms with van der Waals surface area (Å²) in [5.41, 5.74) is 3.34. The maximum absolute atomic E-state index is 12.2. The van der Waals surface area contributed by atoms with Gasteiger partial charge in [-0.3, -0.25) is 4.79 Å². The summed E-state index contributed by atoms with van der Waals surface area (Å²) in [6.07, 6.45) is 2.03. The molecule has 0 fully saturated rings. The number of carbonyl (C=O) groups is 1. The van der Waals surface area contributed by atoms with E-state index in [0.29, 0.717) is 0 Å². The number of benzene rings is 1. The number of nitrogens with zero attached hydrogens (tertiary/aromatic N) is 1. The van der Waals surface area contributed by atoms with Gasteiger partial charge < -0.3 is 4.90 Å². The maximum atomic E-state index is 12.2. The van der Waals surface area contributed by atoms with Gasteiger partial charge in [-0.2, -0.15) is 11.8 Å². The first-order valence-corrected chi connectivity index (χ1v) is 7.20. The highest BCUT2D eigenvalue weighted by molar-refractivity contribution is 7.98. The van der Waals surface area contributed by atoms with Crippen LogP contribution in [0.15, 0.2) is 18.2 Å². The Morgan fingerprint density at radius 1 is 1.41 bits per heavy atom. The predicted molar refractivity (Wildman–Crippen MR) is 76.9 cm³/mol. The molecule has 2 nitrogen and oxygen atoms in total. The van der Waals surface area contributed by atoms with Crippen molar-refractivity contribution in [3.8, 4) is 0 Å². The third-order valence-corrected chi connectivity index (χ3v) is 3.73. The lowest BCUT2D eigenvalue weighted by atomic mass is 10.1. The van der Waals surface area contributed by atoms with Crippen molar-refractivity contribution < 1.29 is 4.79 Å². The van der Waals surface area contributed by atoms with E-state index in [1.807, 2.05) is 34.1 Å². The van der Waals surface area contributed by atoms with Crippen molar-refractivity contribution in [2.45, 2.75) is 20.8 Å². The molecular weight excluding hydrogens is 230 g/mol. The van der Waals surface area contributed by atoms with Crippen LogP contribution in [0.1, 0.15) is 18.1 Å². The van der Waals surface area contributed by atoms with Gasteiger partial charge in [-0.05, 0) is 37.3 Å². The number of hydrogen-bond acceptors (Lipinski definition) is 2. The van der Waals surface area contributed by atoms with E-state index in [2.05, 4.69) is 18.2 Å². The molecule has 0 aliphatic rings. The minimum absolute atomic E-state index is 0.0647. The van der Waals surface area contributed by atoms with Gasteiger partial charge in [-0.1, -0.05) is 19.1 Å². The van der Waals surface area contributed by atoms with Gasteiger partial charge >= 0.3 is 0 Å². The predicted octanol–water partition coefficient (Wildman–Crippen LogP) is 3.27. The summed E-state index contributed by atoms with van der Waals surface area (Å²) in [4.78, 5) is 14.0. The molecule has 0 spiro atoms. The quantitative estimate of drug-likeness (QED) is 0.818. The molecule has 3 heteroatoms. The zero-order valence-corrected chi connectivity index (χ0v) is 12.1. The van der Waals surface area contributed by atoms with E-state index < -0.39 is 0 Å². The number of aryl methyl sites for hydroxylation is 2. The molecule has 1 rings (SSSR count). The van der Waals surface area contributed by atoms with Crippen LogP contribution in [0, 0.1) is 19.8 Å². The molecule has 0 saturated heterocycles. The largest absolute Gasteiger partial charge is 0.315 e. The molecule has 1 unspecified atom stereocenters. The second-order valence-electron chi connectivity index (χ2n) is 4.54. The van der Waals surface area contributed by atoms with Crippen LogP contribution in [-0.2, 0) is 4.79 Å². The zero-order valence-electron chi connectivity index (χ0n) is 11.3. The third kappa shape index (κ3) is 3.50. The Hall–Kier alpha value is -0.960. The van der Waals surface area contributed by atoms with Crippen molar-refractivity contribution in [2.75, 3.05) is 24.0 Å². The van der Waals surface area contributed by atoms with Gasteiger partial charge in [0.25, 0.3) is 0 Å². The highest BCUT2D eigenvalue weighted by Gasteiger charge is 2.19. The first kappa shape index (κ1) is 14.1. The minimum atomic E-state index is 0.0647. The summed E-state index contributed by atoms with van der Waals surface area (Å²) >= 11 is 1.71. The summed E-state index contributed by atoms with van der Waals surface area (Å²) < 4.78 is 0. The lowest BCUT2D eigenvalue weighted by Crippen LogP contribution is -2.33. The number of anilines is 1. The molecule has 1 amide bonds. The van der Waals surface area contributed by atoms with Crippen LogP contribution in [0.4, 0.5) is 5.69 Å². The third-order valence-electron chi connectivity index (χ3n) is 2.89. The molecule has 1 aromatic rings. The van der Waals surface area contributed by atoms with E-state index in [1.165, 1.54) is 5.56 Å². The van der Waals surface area contributed by atoms with Gasteiger partial charge in [0.2, 0.25) is 5.91 Å². The highest BCUT2D eigenvalue weighted by atomic mass is 32.2. The fourth-order valence-electron chi connectivity index (χ4n) is 1.85. The number of amides is 1. The topological polar surface area (TPSA) is 20.3 Å². The maximum Gasteiger partial charge on any atom is 0.230 e. The van der Waals surface area contributed by atoms with Crippen molar-refractivity contribution in [3.05, 3.63) is 29.3 Å². The lowest BCUT2D eigenvalue weighted by molar-refractivity contribution is -0.120. The Labute approximate surface area is 108 Å². The Morgan fingerprint density at radius 3 is 2.65 bits per heavy atom. The fraction of sp³-hybridized carbons (Fsp3) is 0.500. The van der Waals surface area contributed by atoms with Gasteiger partial charge in [0, 0.05) is 24.4 Å². The summed E-state index contributed by atoms with van der Waals surface area (Å²) in [7, 11) is 1.86. The minimum Gasteiger partial charge on any atom is -0.315 e. The van der Waals surface area contributed by atoms with E-state index in [9.17, 15) is 4.79 Å². The molecular formula is C14H21NOS. The molecule has 0 radical (unpaired) electrons. The van der Waals surface area contributed by atoms with E-state index in [0.717, 1.165) is 17.0 Å². The zero-order chi connectivity index (χ0) is 13.0. The van der Waals surface area contributed by atoms with E-state index in [4.69, 9.17) is 0 Å². The highest BCUT2D eigenvalue weighted by Crippen LogP contribution is 2.22. The lowest BCUT2D eigenvalue weighted by Gasteiger charge is -2.23. The Bertz CT molecular complexity index is 403. The van der Waals surface area contributed by atoms with Crippen LogP contribution < -0.4 is 4.90 Å². The van der Waals surface area contributed by atoms with E-state index in [1.54, 1.807) is 16.7 Å². The van der Waals surface area contributed by atoms with Gasteiger partial charge in [0.15, 0.2) is 0 Å². The number of rotatable bonds is 4. The van der Waals surface area contributed by atoms with Crippen LogP contribution in [0.3, 0.4) is 0 Å². The molecule has 1 aromatic carbocycles. The summed E-state index contributed by atoms with van der Waals surface area (Å²) in [5.74, 6) is 1.12. The smallest absolute Gasteiger partial charge is 0.230 e. The van der Waals surface area contributed by atoms with Crippen molar-refractivity contribution in [1.82, 2.24) is 0 Å². The number of hydrogen-bond donors (Lipinski definition) is 0. The van der Waals surface area contributed by atoms with Crippen LogP contribution >= 0.6 is 11.8 Å². The molecule has 0 bridgehead atoms. The van der Waals surface area contributed by atoms with Crippen LogP contribution in [0.2, 0.25) is 0 Å². The number of carbonyl (C=O) groups excluding carboxylic acids is 1. The molecule has 0 saturated carbocycles. The monoisotopic (exact) mass is 251 g/mol. The molecule has 0 aliphatic heterocycles. The molecule has 17 heavy (non-hydrogen) atoms. The average molecular weight is 251 g/mol. The number of thioether (sulfide) groups is 1. The molecule has 94 valence electrons. The van der Waals surface area contributed by atoms with Gasteiger partial charge in [0.1, 0.15) is 0 Å². The van der Waals surface area contributed by atoms with Crippen molar-refractivity contribution in [2.24, 2.45) is 5.92 Å². The second-order valence-corrected chi connectivity index (χ2v) is 5.45. The van der Waals surface area contributed by atoms with Crippen molar-refractivity contribution in [1.29, 1.82) is 0 Å². The molecule has 0 aliphatic carbocycles. The Kier molecular flexibility index (Phi) is 5.06. The molecule has 0 heterocycles. The van der Waals surface area contributed by atoms with Crippen molar-refractivity contribution >= 4 is 23.4 Å². The van der Waals surface area contributed by atoms with E-state index >= 15 is 0 Å². The van der Waals surface area contributed by atoms with Crippen LogP contribution in [-0.4, -0.2) is 25.0 Å². The summed E-state index contributed by atoms with van der Waals surface area (Å²) in [6.45, 7) is 6.07. The average Bonchev–Trinajstić information content (AvgIpc) is 2.30. The van der Waals surface area contributed by atoms with Gasteiger partial charge in [0.05, 0.1) is 0 Å². The van der Waals surface area contributed by atoms with Crippen LogP contribution in [0.5, 0.6) is 0 Å². The molecule has 1 atom stereocenters. The van der Waals surface area contributed by atoms with E-state index in [-0.39, 0.29) is 11.8 Å². The fourth-order valence-corrected chi connectivity index (χ4v) is 2.49. The summed E-state index contributed by atoms with van der Waals surface area (Å²) in [6, 6.07) is 6.20. The first-order valence-electron chi connectivity index (χ1n) is 5.81. The van der Waals surface area contributed by atoms with Gasteiger partial charge in [-0.15, -0.1) is 0 Å². The SMILES string of the molecule is CSCC(C)C(=O)N(C)c1cc(C)ccc1C. The van der Waals surface area contributed by atoms with Gasteiger partial charge in [-0.25, -0.2) is 0 Å². The summed E-state index contributed by atoms with van der Waals surface area (Å²) in [5, 5.41) is 0. The standard InChI is InChI=1S/C14H21NOS/c1-10-6-7-11(2)13(8-10)15(4)14(16)12(3)9-17-5/h6-8,12H,9H2,1-5H3. The Morgan fingerprint density at radius 2 is 2.06 bits per heavy atom.